The van der Waals surface area contributed by atoms with Crippen LogP contribution in [0.15, 0.2) is 24.3 Å². The van der Waals surface area contributed by atoms with Gasteiger partial charge in [0.05, 0.1) is 11.8 Å². The molecule has 0 aromatic heterocycles. The number of ether oxygens (including phenoxy) is 1. The fourth-order valence-electron chi connectivity index (χ4n) is 2.34. The molecule has 1 aromatic rings. The number of amides is 2. The second-order valence-electron chi connectivity index (χ2n) is 5.49. The Hall–Kier alpha value is -2.13. The highest BCUT2D eigenvalue weighted by molar-refractivity contribution is 8.00. The van der Waals surface area contributed by atoms with Gasteiger partial charge in [0.25, 0.3) is 0 Å². The molecule has 3 N–H and O–H groups in total. The average Bonchev–Trinajstić information content (AvgIpc) is 2.58. The molecule has 0 radical (unpaired) electrons. The molecule has 3 unspecified atom stereocenters. The normalized spacial score (nSPS) is 21.3. The van der Waals surface area contributed by atoms with Crippen molar-refractivity contribution in [1.29, 1.82) is 0 Å². The minimum atomic E-state index is -1.19. The largest absolute Gasteiger partial charge is 0.479 e. The molecule has 136 valence electrons. The molecule has 3 atom stereocenters. The van der Waals surface area contributed by atoms with Gasteiger partial charge in [-0.3, -0.25) is 9.59 Å². The van der Waals surface area contributed by atoms with Crippen molar-refractivity contribution < 1.29 is 28.6 Å². The van der Waals surface area contributed by atoms with Crippen LogP contribution in [0.25, 0.3) is 0 Å². The lowest BCUT2D eigenvalue weighted by Crippen LogP contribution is -2.55. The first kappa shape index (κ1) is 19.2. The zero-order valence-electron chi connectivity index (χ0n) is 13.5. The molecule has 0 spiro atoms. The summed E-state index contributed by atoms with van der Waals surface area (Å²) < 4.78 is 18.4. The number of rotatable bonds is 7. The number of hydrogen-bond acceptors (Lipinski definition) is 5. The topological polar surface area (TPSA) is 105 Å². The Morgan fingerprint density at radius 3 is 2.80 bits per heavy atom. The SMILES string of the molecule is COC(CNC(=O)C1CSC(Cc2ccccc2F)C(=O)N1)C(=O)O. The number of halogens is 1. The number of aliphatic carboxylic acids is 1. The average molecular weight is 370 g/mol. The number of carbonyl (C=O) groups excluding carboxylic acids is 2. The third-order valence-corrected chi connectivity index (χ3v) is 5.08. The standard InChI is InChI=1S/C16H19FN2O5S/c1-24-12(16(22)23)7-18-14(20)11-8-25-13(15(21)19-11)6-9-4-2-3-5-10(9)17/h2-5,11-13H,6-8H2,1H3,(H,18,20)(H,19,21)(H,22,23). The smallest absolute Gasteiger partial charge is 0.334 e. The molecule has 1 aliphatic rings. The van der Waals surface area contributed by atoms with Gasteiger partial charge in [0.15, 0.2) is 6.10 Å². The highest BCUT2D eigenvalue weighted by Gasteiger charge is 2.33. The van der Waals surface area contributed by atoms with Crippen molar-refractivity contribution in [1.82, 2.24) is 10.6 Å². The maximum absolute atomic E-state index is 13.7. The first-order valence-electron chi connectivity index (χ1n) is 7.61. The molecular formula is C16H19FN2O5S. The van der Waals surface area contributed by atoms with Crippen molar-refractivity contribution in [2.75, 3.05) is 19.4 Å². The van der Waals surface area contributed by atoms with Crippen LogP contribution >= 0.6 is 11.8 Å². The Balaban J connectivity index is 1.86. The maximum Gasteiger partial charge on any atom is 0.334 e. The van der Waals surface area contributed by atoms with E-state index in [4.69, 9.17) is 9.84 Å². The predicted molar refractivity (Wildman–Crippen MR) is 89.7 cm³/mol. The van der Waals surface area contributed by atoms with E-state index < -0.39 is 29.3 Å². The lowest BCUT2D eigenvalue weighted by molar-refractivity contribution is -0.148. The summed E-state index contributed by atoms with van der Waals surface area (Å²) in [5, 5.41) is 13.4. The lowest BCUT2D eigenvalue weighted by atomic mass is 10.1. The molecular weight excluding hydrogens is 351 g/mol. The minimum absolute atomic E-state index is 0.194. The molecule has 9 heteroatoms. The van der Waals surface area contributed by atoms with Crippen LogP contribution in [0.3, 0.4) is 0 Å². The quantitative estimate of drug-likeness (QED) is 0.633. The van der Waals surface area contributed by atoms with Crippen LogP contribution in [0.2, 0.25) is 0 Å². The molecule has 1 heterocycles. The molecule has 1 fully saturated rings. The van der Waals surface area contributed by atoms with E-state index in [1.54, 1.807) is 18.2 Å². The summed E-state index contributed by atoms with van der Waals surface area (Å²) >= 11 is 1.27. The highest BCUT2D eigenvalue weighted by atomic mass is 32.2. The molecule has 25 heavy (non-hydrogen) atoms. The number of carbonyl (C=O) groups is 3. The Kier molecular flexibility index (Phi) is 6.77. The molecule has 0 aliphatic carbocycles. The van der Waals surface area contributed by atoms with Crippen molar-refractivity contribution in [3.8, 4) is 0 Å². The van der Waals surface area contributed by atoms with Crippen molar-refractivity contribution >= 4 is 29.5 Å². The first-order valence-corrected chi connectivity index (χ1v) is 8.66. The molecule has 7 nitrogen and oxygen atoms in total. The molecule has 1 aromatic carbocycles. The van der Waals surface area contributed by atoms with E-state index >= 15 is 0 Å². The van der Waals surface area contributed by atoms with Crippen molar-refractivity contribution in [3.05, 3.63) is 35.6 Å². The molecule has 2 rings (SSSR count). The zero-order valence-corrected chi connectivity index (χ0v) is 14.3. The Morgan fingerprint density at radius 2 is 2.20 bits per heavy atom. The fraction of sp³-hybridized carbons (Fsp3) is 0.438. The summed E-state index contributed by atoms with van der Waals surface area (Å²) in [6.07, 6.45) is -0.910. The molecule has 1 aliphatic heterocycles. The van der Waals surface area contributed by atoms with Crippen molar-refractivity contribution in [3.63, 3.8) is 0 Å². The number of hydrogen-bond donors (Lipinski definition) is 3. The molecule has 1 saturated heterocycles. The van der Waals surface area contributed by atoms with Crippen LogP contribution < -0.4 is 10.6 Å². The van der Waals surface area contributed by atoms with E-state index in [-0.39, 0.29) is 24.7 Å². The van der Waals surface area contributed by atoms with Crippen LogP contribution in [0.4, 0.5) is 4.39 Å². The van der Waals surface area contributed by atoms with Gasteiger partial charge < -0.3 is 20.5 Å². The van der Waals surface area contributed by atoms with Gasteiger partial charge in [0.1, 0.15) is 11.9 Å². The van der Waals surface area contributed by atoms with Gasteiger partial charge in [-0.05, 0) is 18.1 Å². The molecule has 0 bridgehead atoms. The van der Waals surface area contributed by atoms with Crippen LogP contribution in [0, 0.1) is 5.82 Å². The molecule has 0 saturated carbocycles. The second-order valence-corrected chi connectivity index (χ2v) is 6.72. The van der Waals surface area contributed by atoms with Crippen LogP contribution in [-0.4, -0.2) is 59.7 Å². The number of carboxylic acid groups (broad SMARTS) is 1. The van der Waals surface area contributed by atoms with Crippen molar-refractivity contribution in [2.45, 2.75) is 23.8 Å². The molecule has 2 amide bonds. The number of nitrogens with one attached hydrogen (secondary N) is 2. The van der Waals surface area contributed by atoms with Crippen molar-refractivity contribution in [2.24, 2.45) is 0 Å². The summed E-state index contributed by atoms with van der Waals surface area (Å²) in [7, 11) is 1.23. The Labute approximate surface area is 148 Å². The van der Waals surface area contributed by atoms with Crippen LogP contribution in [-0.2, 0) is 25.5 Å². The summed E-state index contributed by atoms with van der Waals surface area (Å²) in [6, 6.07) is 5.48. The van der Waals surface area contributed by atoms with E-state index in [2.05, 4.69) is 10.6 Å². The number of thioether (sulfide) groups is 1. The fourth-order valence-corrected chi connectivity index (χ4v) is 3.52. The Bertz CT molecular complexity index is 657. The van der Waals surface area contributed by atoms with Gasteiger partial charge in [-0.1, -0.05) is 18.2 Å². The number of benzene rings is 1. The summed E-state index contributed by atoms with van der Waals surface area (Å²) in [6.45, 7) is -0.194. The second kappa shape index (κ2) is 8.82. The van der Waals surface area contributed by atoms with E-state index in [0.29, 0.717) is 11.3 Å². The van der Waals surface area contributed by atoms with Gasteiger partial charge in [-0.2, -0.15) is 0 Å². The van der Waals surface area contributed by atoms with Gasteiger partial charge in [-0.15, -0.1) is 11.8 Å². The Morgan fingerprint density at radius 1 is 1.48 bits per heavy atom. The first-order chi connectivity index (χ1) is 11.9. The third-order valence-electron chi connectivity index (χ3n) is 3.77. The maximum atomic E-state index is 13.7. The van der Waals surface area contributed by atoms with Crippen LogP contribution in [0.5, 0.6) is 0 Å². The number of carboxylic acids is 1. The number of methoxy groups -OCH3 is 1. The summed E-state index contributed by atoms with van der Waals surface area (Å²) in [4.78, 5) is 35.1. The zero-order chi connectivity index (χ0) is 18.4. The minimum Gasteiger partial charge on any atom is -0.479 e. The van der Waals surface area contributed by atoms with Gasteiger partial charge >= 0.3 is 5.97 Å². The third kappa shape index (κ3) is 5.17. The van der Waals surface area contributed by atoms with E-state index in [1.807, 2.05) is 0 Å². The lowest BCUT2D eigenvalue weighted by Gasteiger charge is -2.28. The van der Waals surface area contributed by atoms with Gasteiger partial charge in [0.2, 0.25) is 11.8 Å². The van der Waals surface area contributed by atoms with Crippen LogP contribution in [0.1, 0.15) is 5.56 Å². The van der Waals surface area contributed by atoms with Gasteiger partial charge in [0, 0.05) is 12.9 Å². The summed E-state index contributed by atoms with van der Waals surface area (Å²) in [5.74, 6) is -2.05. The van der Waals surface area contributed by atoms with E-state index in [9.17, 15) is 18.8 Å². The monoisotopic (exact) mass is 370 g/mol. The van der Waals surface area contributed by atoms with E-state index in [1.165, 1.54) is 24.9 Å². The summed E-state index contributed by atoms with van der Waals surface area (Å²) in [5.41, 5.74) is 0.447. The van der Waals surface area contributed by atoms with E-state index in [0.717, 1.165) is 0 Å². The highest BCUT2D eigenvalue weighted by Crippen LogP contribution is 2.23. The van der Waals surface area contributed by atoms with Gasteiger partial charge in [-0.25, -0.2) is 9.18 Å². The predicted octanol–water partition coefficient (Wildman–Crippen LogP) is 0.184.